The smallest absolute Gasteiger partial charge is 0.265 e. The number of thiophene rings is 1. The molecule has 2 aromatic carbocycles. The van der Waals surface area contributed by atoms with Gasteiger partial charge in [0.05, 0.1) is 9.77 Å². The minimum absolute atomic E-state index is 0.200. The standard InChI is InChI=1S/C20H21N3O3S2/c1-22-9-11-23(12-10-22)28(25,26)17-7-4-6-16(14-17)21-20(24)19-13-15-5-2-3-8-18(15)27-19/h2-8,13-14H,9-12H2,1H3,(H,21,24). The topological polar surface area (TPSA) is 69.7 Å². The SMILES string of the molecule is CN1CCN(S(=O)(=O)c2cccc(NC(=O)c3cc4ccccc4s3)c2)CC1. The van der Waals surface area contributed by atoms with E-state index in [0.29, 0.717) is 36.7 Å². The Morgan fingerprint density at radius 1 is 1.00 bits per heavy atom. The van der Waals surface area contributed by atoms with E-state index in [1.165, 1.54) is 21.7 Å². The molecule has 0 unspecified atom stereocenters. The average molecular weight is 416 g/mol. The van der Waals surface area contributed by atoms with Gasteiger partial charge in [0.2, 0.25) is 10.0 Å². The summed E-state index contributed by atoms with van der Waals surface area (Å²) in [4.78, 5) is 15.5. The first-order valence-corrected chi connectivity index (χ1v) is 11.3. The molecule has 8 heteroatoms. The average Bonchev–Trinajstić information content (AvgIpc) is 3.13. The van der Waals surface area contributed by atoms with E-state index >= 15 is 0 Å². The summed E-state index contributed by atoms with van der Waals surface area (Å²) < 4.78 is 28.4. The predicted octanol–water partition coefficient (Wildman–Crippen LogP) is 3.09. The highest BCUT2D eigenvalue weighted by atomic mass is 32.2. The number of sulfonamides is 1. The van der Waals surface area contributed by atoms with Crippen molar-refractivity contribution >= 4 is 43.0 Å². The molecule has 1 amide bonds. The molecule has 6 nitrogen and oxygen atoms in total. The van der Waals surface area contributed by atoms with Crippen LogP contribution in [-0.2, 0) is 10.0 Å². The number of benzene rings is 2. The van der Waals surface area contributed by atoms with Gasteiger partial charge in [-0.15, -0.1) is 11.3 Å². The summed E-state index contributed by atoms with van der Waals surface area (Å²) in [5.41, 5.74) is 0.470. The van der Waals surface area contributed by atoms with Crippen molar-refractivity contribution in [1.82, 2.24) is 9.21 Å². The Balaban J connectivity index is 1.54. The van der Waals surface area contributed by atoms with Crippen LogP contribution in [0.4, 0.5) is 5.69 Å². The summed E-state index contributed by atoms with van der Waals surface area (Å²) >= 11 is 1.41. The molecule has 146 valence electrons. The molecule has 0 bridgehead atoms. The molecule has 1 aliphatic rings. The van der Waals surface area contributed by atoms with Crippen LogP contribution < -0.4 is 5.32 Å². The molecule has 0 aliphatic carbocycles. The fraction of sp³-hybridized carbons (Fsp3) is 0.250. The normalized spacial score (nSPS) is 16.3. The van der Waals surface area contributed by atoms with Crippen LogP contribution in [0.15, 0.2) is 59.5 Å². The van der Waals surface area contributed by atoms with Gasteiger partial charge in [0.25, 0.3) is 5.91 Å². The maximum Gasteiger partial charge on any atom is 0.265 e. The van der Waals surface area contributed by atoms with Crippen molar-refractivity contribution in [1.29, 1.82) is 0 Å². The molecule has 0 spiro atoms. The molecular weight excluding hydrogens is 394 g/mol. The number of anilines is 1. The van der Waals surface area contributed by atoms with Crippen LogP contribution >= 0.6 is 11.3 Å². The van der Waals surface area contributed by atoms with Crippen LogP contribution in [0.5, 0.6) is 0 Å². The van der Waals surface area contributed by atoms with Crippen molar-refractivity contribution < 1.29 is 13.2 Å². The Morgan fingerprint density at radius 2 is 1.75 bits per heavy atom. The molecule has 0 atom stereocenters. The third-order valence-corrected chi connectivity index (χ3v) is 7.85. The van der Waals surface area contributed by atoms with E-state index in [1.807, 2.05) is 37.4 Å². The number of piperazine rings is 1. The molecule has 4 rings (SSSR count). The number of carbonyl (C=O) groups is 1. The number of nitrogens with zero attached hydrogens (tertiary/aromatic N) is 2. The second-order valence-corrected chi connectivity index (χ2v) is 9.86. The van der Waals surface area contributed by atoms with Crippen molar-refractivity contribution in [2.45, 2.75) is 4.90 Å². The summed E-state index contributed by atoms with van der Waals surface area (Å²) in [7, 11) is -1.59. The lowest BCUT2D eigenvalue weighted by Crippen LogP contribution is -2.47. The highest BCUT2D eigenvalue weighted by molar-refractivity contribution is 7.89. The van der Waals surface area contributed by atoms with Crippen LogP contribution in [0.3, 0.4) is 0 Å². The van der Waals surface area contributed by atoms with Gasteiger partial charge in [0, 0.05) is 36.6 Å². The zero-order valence-corrected chi connectivity index (χ0v) is 17.1. The van der Waals surface area contributed by atoms with E-state index in [-0.39, 0.29) is 10.8 Å². The number of fused-ring (bicyclic) bond motifs is 1. The zero-order chi connectivity index (χ0) is 19.7. The van der Waals surface area contributed by atoms with Gasteiger partial charge in [-0.2, -0.15) is 4.31 Å². The van der Waals surface area contributed by atoms with E-state index in [2.05, 4.69) is 10.2 Å². The Morgan fingerprint density at radius 3 is 2.50 bits per heavy atom. The number of carbonyl (C=O) groups excluding carboxylic acids is 1. The quantitative estimate of drug-likeness (QED) is 0.711. The van der Waals surface area contributed by atoms with E-state index in [4.69, 9.17) is 0 Å². The largest absolute Gasteiger partial charge is 0.321 e. The molecule has 1 saturated heterocycles. The van der Waals surface area contributed by atoms with Gasteiger partial charge < -0.3 is 10.2 Å². The lowest BCUT2D eigenvalue weighted by atomic mass is 10.2. The Kier molecular flexibility index (Phi) is 5.20. The molecule has 1 aliphatic heterocycles. The molecule has 0 radical (unpaired) electrons. The first kappa shape index (κ1) is 19.1. The first-order valence-electron chi connectivity index (χ1n) is 9.02. The molecule has 0 saturated carbocycles. The summed E-state index contributed by atoms with van der Waals surface area (Å²) in [6.45, 7) is 2.36. The second kappa shape index (κ2) is 7.63. The summed E-state index contributed by atoms with van der Waals surface area (Å²) in [5.74, 6) is -0.240. The van der Waals surface area contributed by atoms with Crippen molar-refractivity contribution in [2.24, 2.45) is 0 Å². The van der Waals surface area contributed by atoms with Gasteiger partial charge in [-0.05, 0) is 42.8 Å². The summed E-state index contributed by atoms with van der Waals surface area (Å²) in [6.07, 6.45) is 0. The maximum atomic E-state index is 12.9. The van der Waals surface area contributed by atoms with Crippen LogP contribution in [-0.4, -0.2) is 56.8 Å². The highest BCUT2D eigenvalue weighted by Gasteiger charge is 2.27. The van der Waals surface area contributed by atoms with E-state index in [9.17, 15) is 13.2 Å². The van der Waals surface area contributed by atoms with Crippen molar-refractivity contribution in [3.05, 3.63) is 59.5 Å². The maximum absolute atomic E-state index is 12.9. The fourth-order valence-corrected chi connectivity index (χ4v) is 5.62. The van der Waals surface area contributed by atoms with Crippen LogP contribution in [0.1, 0.15) is 9.67 Å². The van der Waals surface area contributed by atoms with E-state index in [1.54, 1.807) is 18.2 Å². The second-order valence-electron chi connectivity index (χ2n) is 6.84. The minimum Gasteiger partial charge on any atom is -0.321 e. The molecule has 1 fully saturated rings. The van der Waals surface area contributed by atoms with Gasteiger partial charge in [-0.3, -0.25) is 4.79 Å². The fourth-order valence-electron chi connectivity index (χ4n) is 3.20. The lowest BCUT2D eigenvalue weighted by molar-refractivity contribution is 0.103. The van der Waals surface area contributed by atoms with E-state index < -0.39 is 10.0 Å². The van der Waals surface area contributed by atoms with Gasteiger partial charge in [0.15, 0.2) is 0 Å². The van der Waals surface area contributed by atoms with Crippen LogP contribution in [0, 0.1) is 0 Å². The minimum atomic E-state index is -3.57. The first-order chi connectivity index (χ1) is 13.4. The van der Waals surface area contributed by atoms with Gasteiger partial charge in [-0.1, -0.05) is 24.3 Å². The number of nitrogens with one attached hydrogen (secondary N) is 1. The van der Waals surface area contributed by atoms with Gasteiger partial charge in [-0.25, -0.2) is 8.42 Å². The molecule has 28 heavy (non-hydrogen) atoms. The third kappa shape index (κ3) is 3.81. The van der Waals surface area contributed by atoms with Crippen molar-refractivity contribution in [3.63, 3.8) is 0 Å². The number of likely N-dealkylation sites (N-methyl/N-ethyl adjacent to an activating group) is 1. The predicted molar refractivity (Wildman–Crippen MR) is 112 cm³/mol. The molecule has 3 aromatic rings. The number of hydrogen-bond acceptors (Lipinski definition) is 5. The summed E-state index contributed by atoms with van der Waals surface area (Å²) in [5, 5.41) is 3.84. The van der Waals surface area contributed by atoms with Gasteiger partial charge in [0.1, 0.15) is 0 Å². The molecule has 2 heterocycles. The monoisotopic (exact) mass is 415 g/mol. The van der Waals surface area contributed by atoms with Gasteiger partial charge >= 0.3 is 0 Å². The number of rotatable bonds is 4. The third-order valence-electron chi connectivity index (χ3n) is 4.84. The molecule has 1 aromatic heterocycles. The van der Waals surface area contributed by atoms with Crippen molar-refractivity contribution in [3.8, 4) is 0 Å². The zero-order valence-electron chi connectivity index (χ0n) is 15.5. The number of hydrogen-bond donors (Lipinski definition) is 1. The Hall–Kier alpha value is -2.26. The Labute approximate surface area is 168 Å². The van der Waals surface area contributed by atoms with Crippen LogP contribution in [0.2, 0.25) is 0 Å². The van der Waals surface area contributed by atoms with Crippen LogP contribution in [0.25, 0.3) is 10.1 Å². The van der Waals surface area contributed by atoms with Crippen molar-refractivity contribution in [2.75, 3.05) is 38.5 Å². The highest BCUT2D eigenvalue weighted by Crippen LogP contribution is 2.27. The summed E-state index contributed by atoms with van der Waals surface area (Å²) in [6, 6.07) is 16.1. The van der Waals surface area contributed by atoms with E-state index in [0.717, 1.165) is 10.1 Å². The number of amides is 1. The molecule has 1 N–H and O–H groups in total. The Bertz CT molecular complexity index is 1080. The lowest BCUT2D eigenvalue weighted by Gasteiger charge is -2.31. The molecular formula is C20H21N3O3S2.